The molecule has 0 spiro atoms. The van der Waals surface area contributed by atoms with Crippen LogP contribution in [0.3, 0.4) is 0 Å². The zero-order valence-electron chi connectivity index (χ0n) is 8.05. The number of hydrogen-bond acceptors (Lipinski definition) is 3. The molecule has 0 atom stereocenters. The maximum atomic E-state index is 9.08. The van der Waals surface area contributed by atoms with Crippen LogP contribution in [0.2, 0.25) is 0 Å². The summed E-state index contributed by atoms with van der Waals surface area (Å²) < 4.78 is 27.2. The predicted molar refractivity (Wildman–Crippen MR) is 68.0 cm³/mol. The van der Waals surface area contributed by atoms with E-state index in [0.717, 1.165) is 0 Å². The van der Waals surface area contributed by atoms with Gasteiger partial charge in [-0.2, -0.15) is 0 Å². The van der Waals surface area contributed by atoms with Gasteiger partial charge in [-0.15, -0.1) is 0 Å². The Kier molecular flexibility index (Phi) is 296. The summed E-state index contributed by atoms with van der Waals surface area (Å²) in [6.07, 6.45) is 4.22. The van der Waals surface area contributed by atoms with Crippen LogP contribution in [0.25, 0.3) is 0 Å². The minimum atomic E-state index is -3.92. The quantitative estimate of drug-likeness (QED) is 0.242. The summed E-state index contributed by atoms with van der Waals surface area (Å²) in [5.74, 6) is 0. The fourth-order valence-corrected chi connectivity index (χ4v) is 0. The summed E-state index contributed by atoms with van der Waals surface area (Å²) in [6.45, 7) is 0. The van der Waals surface area contributed by atoms with Gasteiger partial charge < -0.3 is 4.55 Å². The van der Waals surface area contributed by atoms with Crippen LogP contribution in [0.1, 0.15) is 22.3 Å². The van der Waals surface area contributed by atoms with Gasteiger partial charge in [-0.25, -0.2) is 8.42 Å². The topological polar surface area (TPSA) is 57.2 Å². The predicted octanol–water partition coefficient (Wildman–Crippen LogP) is -2.67. The molecule has 0 aliphatic heterocycles. The first-order chi connectivity index (χ1) is 4.00. The van der Waals surface area contributed by atoms with Gasteiger partial charge in [-0.3, -0.25) is 0 Å². The fourth-order valence-electron chi connectivity index (χ4n) is 0. The second-order valence-electron chi connectivity index (χ2n) is 0.704. The maximum absolute atomic E-state index is 9.08. The van der Waals surface area contributed by atoms with E-state index in [2.05, 4.69) is 25.3 Å². The van der Waals surface area contributed by atoms with E-state index < -0.39 is 10.1 Å². The van der Waals surface area contributed by atoms with Gasteiger partial charge in [0, 0.05) is 157 Å². The molecule has 0 amide bonds. The first kappa shape index (κ1) is 75.8. The zero-order chi connectivity index (χ0) is 8.50. The van der Waals surface area contributed by atoms with Crippen LogP contribution in [0.4, 0.5) is 0 Å². The van der Waals surface area contributed by atoms with Crippen LogP contribution in [0.5, 0.6) is 0 Å². The van der Waals surface area contributed by atoms with Gasteiger partial charge in [-0.05, 0) is 25.3 Å². The van der Waals surface area contributed by atoms with E-state index >= 15 is 0 Å². The molecule has 0 rings (SSSR count). The Hall–Kier alpha value is 6.65. The van der Waals surface area contributed by atoms with Crippen molar-refractivity contribution in [2.45, 2.75) is 22.3 Å². The van der Waals surface area contributed by atoms with Crippen LogP contribution < -0.4 is 29.6 Å². The fraction of sp³-hybridized carbons (Fsp3) is 1.00. The molecule has 0 unspecified atom stereocenters. The summed E-state index contributed by atoms with van der Waals surface area (Å²) in [5.41, 5.74) is 0. The summed E-state index contributed by atoms with van der Waals surface area (Å²) in [7, 11) is -3.92. The van der Waals surface area contributed by atoms with E-state index in [0.29, 0.717) is 6.26 Å². The molecule has 0 bridgehead atoms. The first-order valence-corrected chi connectivity index (χ1v) is 5.72. The molecule has 0 aliphatic rings. The molecule has 0 saturated heterocycles. The first-order valence-electron chi connectivity index (χ1n) is 1.91. The molecular formula is C6H25Ar4NaO3S3+2. The molecule has 11 heteroatoms. The van der Waals surface area contributed by atoms with E-state index in [1.807, 2.05) is 0 Å². The van der Waals surface area contributed by atoms with E-state index in [9.17, 15) is 0 Å². The Morgan fingerprint density at radius 2 is 0.765 bits per heavy atom. The van der Waals surface area contributed by atoms with Gasteiger partial charge in [-0.1, -0.05) is 22.3 Å². The molecule has 0 aliphatic carbocycles. The van der Waals surface area contributed by atoms with Crippen LogP contribution in [-0.4, -0.2) is 31.7 Å². The largest absolute Gasteiger partial charge is 1.00 e. The van der Waals surface area contributed by atoms with Gasteiger partial charge in [0.05, 0.1) is 22.6 Å². The van der Waals surface area contributed by atoms with Gasteiger partial charge in [0.2, 0.25) is 0 Å². The van der Waals surface area contributed by atoms with Crippen molar-refractivity contribution in [3.63, 3.8) is 0 Å². The van der Waals surface area contributed by atoms with Crippen molar-refractivity contribution in [3.05, 3.63) is 0 Å². The second-order valence-corrected chi connectivity index (χ2v) is 2.11. The van der Waals surface area contributed by atoms with Gasteiger partial charge >= 0.3 is 29.6 Å². The zero-order valence-corrected chi connectivity index (χ0v) is 15.7. The van der Waals surface area contributed by atoms with Crippen molar-refractivity contribution in [1.82, 2.24) is 0 Å². The standard InChI is InChI=1S/CH4O3S.2CH4S.3CH4.4Ar.Na/c1-5(2,3)4;2*1-2;;;;;;;;/h1H3,(H,2,3,4);2*2H,1H3;3*1H4;;;;;/q;;;;;;;;;;+1/p+1. The maximum Gasteiger partial charge on any atom is 1.00 e. The summed E-state index contributed by atoms with van der Waals surface area (Å²) in [4.78, 5) is 0. The van der Waals surface area contributed by atoms with Crippen molar-refractivity contribution in [3.8, 4) is 0 Å². The molecule has 0 aromatic heterocycles. The molecule has 17 heavy (non-hydrogen) atoms. The minimum Gasteiger partial charge on any atom is -0.748 e. The normalized spacial score (nSPS) is 4.12. The van der Waals surface area contributed by atoms with Gasteiger partial charge in [0.15, 0.2) is 0 Å². The van der Waals surface area contributed by atoms with Crippen molar-refractivity contribution >= 4 is 35.4 Å². The van der Waals surface area contributed by atoms with Crippen molar-refractivity contribution in [2.75, 3.05) is 18.8 Å². The van der Waals surface area contributed by atoms with E-state index in [4.69, 9.17) is 13.0 Å². The molecule has 0 N–H and O–H groups in total. The summed E-state index contributed by atoms with van der Waals surface area (Å²) in [6, 6.07) is 0. The van der Waals surface area contributed by atoms with Crippen LogP contribution in [-0.2, 0) is 35.4 Å². The molecule has 0 saturated carbocycles. The molecular weight excluding hydrogens is 399 g/mol. The molecule has 3 nitrogen and oxygen atoms in total. The Labute approximate surface area is 262 Å². The van der Waals surface area contributed by atoms with Gasteiger partial charge in [0.25, 0.3) is 0 Å². The van der Waals surface area contributed by atoms with Crippen LogP contribution in [0, 0.1) is 151 Å². The monoisotopic (exact) mass is 424 g/mol. The molecule has 0 radical (unpaired) electrons. The molecule has 0 fully saturated rings. The van der Waals surface area contributed by atoms with Crippen molar-refractivity contribution in [1.29, 1.82) is 0 Å². The van der Waals surface area contributed by atoms with E-state index in [1.165, 1.54) is 0 Å². The molecule has 0 aromatic rings. The second kappa shape index (κ2) is 66.3. The molecule has 0 heterocycles. The van der Waals surface area contributed by atoms with Gasteiger partial charge in [0.1, 0.15) is 0 Å². The Balaban J connectivity index is -0.00000000311. The average molecular weight is 424 g/mol. The van der Waals surface area contributed by atoms with E-state index in [-0.39, 0.29) is 203 Å². The van der Waals surface area contributed by atoms with E-state index in [1.54, 1.807) is 12.5 Å². The Morgan fingerprint density at radius 3 is 0.765 bits per heavy atom. The van der Waals surface area contributed by atoms with Crippen molar-refractivity contribution < 1.29 is 193 Å². The number of rotatable bonds is 0. The van der Waals surface area contributed by atoms with Crippen molar-refractivity contribution in [2.24, 2.45) is 0 Å². The SMILES string of the molecule is C.C.C.CS(=O)(=O)[O-].C[SH2+].C[SH2+].[Ar].[Ar].[Ar].[Ar].[Na+]. The molecule has 0 aromatic carbocycles. The Bertz CT molecular complexity index is 120. The third-order valence-electron chi connectivity index (χ3n) is 0. The summed E-state index contributed by atoms with van der Waals surface area (Å²) in [5, 5.41) is 0. The third-order valence-corrected chi connectivity index (χ3v) is 0. The average Bonchev–Trinajstić information content (AvgIpc) is 1.72. The summed E-state index contributed by atoms with van der Waals surface area (Å²) >= 11 is 5.94. The van der Waals surface area contributed by atoms with Crippen LogP contribution in [0.15, 0.2) is 0 Å². The number of hydrogen-bond donors (Lipinski definition) is 0. The molecule has 116 valence electrons. The minimum absolute atomic E-state index is 0. The Morgan fingerprint density at radius 1 is 0.765 bits per heavy atom. The smallest absolute Gasteiger partial charge is 0.748 e. The van der Waals surface area contributed by atoms with Crippen LogP contribution >= 0.6 is 0 Å². The third kappa shape index (κ3) is 218.